The zero-order chi connectivity index (χ0) is 7.11. The van der Waals surface area contributed by atoms with E-state index in [2.05, 4.69) is 43.5 Å². The van der Waals surface area contributed by atoms with E-state index in [0.29, 0.717) is 0 Å². The summed E-state index contributed by atoms with van der Waals surface area (Å²) in [5, 5.41) is 0. The van der Waals surface area contributed by atoms with Gasteiger partial charge in [0.25, 0.3) is 0 Å². The Morgan fingerprint density at radius 1 is 1.00 bits per heavy atom. The van der Waals surface area contributed by atoms with E-state index in [1.165, 1.54) is 17.7 Å². The van der Waals surface area contributed by atoms with Gasteiger partial charge in [0.15, 0.2) is 0 Å². The molecule has 0 bridgehead atoms. The molecule has 0 aliphatic carbocycles. The molecule has 0 rings (SSSR count). The average Bonchev–Trinajstić information content (AvgIpc) is 1.88. The highest BCUT2D eigenvalue weighted by molar-refractivity contribution is 8.88. The van der Waals surface area contributed by atoms with Gasteiger partial charge in [-0.3, -0.25) is 0 Å². The van der Waals surface area contributed by atoms with Gasteiger partial charge in [-0.05, 0) is 17.7 Å². The summed E-state index contributed by atoms with van der Waals surface area (Å²) in [5.41, 5.74) is 0. The first kappa shape index (κ1) is 10.1. The van der Waals surface area contributed by atoms with Gasteiger partial charge in [-0.2, -0.15) is 0 Å². The molecular formula is C6H15PS2. The summed E-state index contributed by atoms with van der Waals surface area (Å²) in [6.45, 7) is 6.77. The highest BCUT2D eigenvalue weighted by Gasteiger charge is 2.01. The molecule has 0 aliphatic rings. The second-order valence-corrected chi connectivity index (χ2v) is 9.34. The molecule has 0 aliphatic heterocycles. The minimum Gasteiger partial charge on any atom is -0.123 e. The molecule has 0 radical (unpaired) electrons. The lowest BCUT2D eigenvalue weighted by Gasteiger charge is -2.10. The fourth-order valence-corrected chi connectivity index (χ4v) is 7.14. The highest BCUT2D eigenvalue weighted by Crippen LogP contribution is 2.59. The van der Waals surface area contributed by atoms with Crippen LogP contribution < -0.4 is 0 Å². The van der Waals surface area contributed by atoms with Crippen LogP contribution in [0.3, 0.4) is 0 Å². The molecule has 0 fully saturated rings. The smallest absolute Gasteiger partial charge is 0.0119 e. The largest absolute Gasteiger partial charge is 0.123 e. The molecule has 0 unspecified atom stereocenters. The van der Waals surface area contributed by atoms with E-state index in [0.717, 1.165) is 0 Å². The molecule has 56 valence electrons. The van der Waals surface area contributed by atoms with Crippen molar-refractivity contribution in [3.8, 4) is 0 Å². The molecule has 0 saturated carbocycles. The lowest BCUT2D eigenvalue weighted by Crippen LogP contribution is -1.70. The fraction of sp³-hybridized carbons (Fsp3) is 1.00. The summed E-state index contributed by atoms with van der Waals surface area (Å²) >= 11 is 4.26. The van der Waals surface area contributed by atoms with Crippen LogP contribution in [0.2, 0.25) is 0 Å². The quantitative estimate of drug-likeness (QED) is 0.593. The van der Waals surface area contributed by atoms with Crippen LogP contribution in [-0.2, 0) is 0 Å². The van der Waals surface area contributed by atoms with E-state index in [4.69, 9.17) is 0 Å². The molecule has 0 nitrogen and oxygen atoms in total. The Morgan fingerprint density at radius 3 is 1.67 bits per heavy atom. The van der Waals surface area contributed by atoms with Crippen molar-refractivity contribution in [3.05, 3.63) is 0 Å². The van der Waals surface area contributed by atoms with Gasteiger partial charge in [0.1, 0.15) is 0 Å². The third kappa shape index (κ3) is 5.57. The van der Waals surface area contributed by atoms with Gasteiger partial charge in [-0.1, -0.05) is 20.8 Å². The summed E-state index contributed by atoms with van der Waals surface area (Å²) in [7, 11) is 0. The van der Waals surface area contributed by atoms with E-state index >= 15 is 0 Å². The van der Waals surface area contributed by atoms with E-state index < -0.39 is 0 Å². The topological polar surface area (TPSA) is 0 Å². The van der Waals surface area contributed by atoms with Crippen molar-refractivity contribution in [2.45, 2.75) is 20.8 Å². The van der Waals surface area contributed by atoms with E-state index in [1.54, 1.807) is 0 Å². The van der Waals surface area contributed by atoms with Gasteiger partial charge in [-0.15, -0.1) is 22.8 Å². The maximum absolute atomic E-state index is 2.29. The Bertz CT molecular complexity index is 53.0. The predicted octanol–water partition coefficient (Wildman–Crippen LogP) is 3.82. The van der Waals surface area contributed by atoms with E-state index in [-0.39, 0.29) is 6.33 Å². The molecule has 0 N–H and O–H groups in total. The van der Waals surface area contributed by atoms with Gasteiger partial charge >= 0.3 is 0 Å². The lowest BCUT2D eigenvalue weighted by molar-refractivity contribution is 1.51. The van der Waals surface area contributed by atoms with Gasteiger partial charge < -0.3 is 0 Å². The molecule has 0 atom stereocenters. The van der Waals surface area contributed by atoms with Crippen LogP contribution in [0.25, 0.3) is 0 Å². The molecule has 0 aromatic heterocycles. The van der Waals surface area contributed by atoms with Crippen LogP contribution in [0.15, 0.2) is 0 Å². The van der Waals surface area contributed by atoms with Crippen molar-refractivity contribution in [1.29, 1.82) is 0 Å². The maximum atomic E-state index is 2.29. The van der Waals surface area contributed by atoms with Gasteiger partial charge in [0, 0.05) is 6.33 Å². The van der Waals surface area contributed by atoms with Crippen LogP contribution >= 0.6 is 29.1 Å². The van der Waals surface area contributed by atoms with Crippen LogP contribution in [0.4, 0.5) is 0 Å². The summed E-state index contributed by atoms with van der Waals surface area (Å²) in [4.78, 5) is 0. The zero-order valence-electron chi connectivity index (χ0n) is 6.39. The van der Waals surface area contributed by atoms with Gasteiger partial charge in [-0.25, -0.2) is 0 Å². The highest BCUT2D eigenvalue weighted by atomic mass is 33.1. The Balaban J connectivity index is 3.18. The third-order valence-corrected chi connectivity index (χ3v) is 9.14. The molecule has 0 amide bonds. The summed E-state index contributed by atoms with van der Waals surface area (Å²) < 4.78 is 0. The standard InChI is InChI=1S/C6H15PS2/c1-4-7(8-5-2)9-6-3/h4-6H2,1-3H3. The monoisotopic (exact) mass is 182 g/mol. The molecule has 0 spiro atoms. The van der Waals surface area contributed by atoms with Crippen molar-refractivity contribution in [3.63, 3.8) is 0 Å². The summed E-state index contributed by atoms with van der Waals surface area (Å²) in [6.07, 6.45) is 1.64. The second-order valence-electron chi connectivity index (χ2n) is 1.48. The first-order valence-electron chi connectivity index (χ1n) is 3.38. The van der Waals surface area contributed by atoms with Crippen LogP contribution in [-0.4, -0.2) is 17.7 Å². The predicted molar refractivity (Wildman–Crippen MR) is 53.7 cm³/mol. The molecule has 0 aromatic carbocycles. The molecule has 0 aromatic rings. The van der Waals surface area contributed by atoms with Gasteiger partial charge in [0.05, 0.1) is 0 Å². The van der Waals surface area contributed by atoms with Crippen molar-refractivity contribution in [2.24, 2.45) is 0 Å². The fourth-order valence-electron chi connectivity index (χ4n) is 0.508. The summed E-state index contributed by atoms with van der Waals surface area (Å²) in [6, 6.07) is 0. The van der Waals surface area contributed by atoms with E-state index in [9.17, 15) is 0 Å². The average molecular weight is 182 g/mol. The van der Waals surface area contributed by atoms with Crippen LogP contribution in [0.1, 0.15) is 20.8 Å². The molecular weight excluding hydrogens is 167 g/mol. The third-order valence-electron chi connectivity index (χ3n) is 0.804. The zero-order valence-corrected chi connectivity index (χ0v) is 8.91. The van der Waals surface area contributed by atoms with Crippen molar-refractivity contribution in [2.75, 3.05) is 17.7 Å². The van der Waals surface area contributed by atoms with Crippen molar-refractivity contribution < 1.29 is 0 Å². The SMILES string of the molecule is CCSP(CC)SCC. The molecule has 3 heteroatoms. The van der Waals surface area contributed by atoms with Crippen molar-refractivity contribution in [1.82, 2.24) is 0 Å². The minimum absolute atomic E-state index is 0.275. The number of hydrogen-bond acceptors (Lipinski definition) is 2. The summed E-state index contributed by atoms with van der Waals surface area (Å²) in [5.74, 6) is 2.57. The molecule has 9 heavy (non-hydrogen) atoms. The second kappa shape index (κ2) is 7.24. The van der Waals surface area contributed by atoms with Crippen LogP contribution in [0, 0.1) is 0 Å². The van der Waals surface area contributed by atoms with E-state index in [1.807, 2.05) is 0 Å². The first-order valence-corrected chi connectivity index (χ1v) is 8.09. The normalized spacial score (nSPS) is 10.7. The lowest BCUT2D eigenvalue weighted by atomic mass is 11.0. The van der Waals surface area contributed by atoms with Crippen molar-refractivity contribution >= 4 is 29.1 Å². The molecule has 0 heterocycles. The van der Waals surface area contributed by atoms with Crippen LogP contribution in [0.5, 0.6) is 0 Å². The Morgan fingerprint density at radius 2 is 1.44 bits per heavy atom. The first-order chi connectivity index (χ1) is 4.35. The Kier molecular flexibility index (Phi) is 8.15. The number of rotatable bonds is 5. The molecule has 0 saturated heterocycles. The Labute approximate surface area is 67.8 Å². The number of hydrogen-bond donors (Lipinski definition) is 0. The van der Waals surface area contributed by atoms with Gasteiger partial charge in [0.2, 0.25) is 0 Å². The maximum Gasteiger partial charge on any atom is 0.0119 e. The Hall–Kier alpha value is 1.13. The minimum atomic E-state index is 0.275.